The number of fused-ring (bicyclic) bond motifs is 1. The highest BCUT2D eigenvalue weighted by Crippen LogP contribution is 2.33. The van der Waals surface area contributed by atoms with Crippen LogP contribution in [0.4, 0.5) is 5.69 Å². The third-order valence-electron chi connectivity index (χ3n) is 3.65. The number of hydrogen-bond donors (Lipinski definition) is 1. The van der Waals surface area contributed by atoms with Crippen molar-refractivity contribution in [3.8, 4) is 0 Å². The van der Waals surface area contributed by atoms with Crippen LogP contribution in [-0.4, -0.2) is 9.55 Å². The first-order valence-corrected chi connectivity index (χ1v) is 8.31. The molecule has 0 radical (unpaired) electrons. The van der Waals surface area contributed by atoms with Gasteiger partial charge in [-0.3, -0.25) is 0 Å². The largest absolute Gasteiger partial charge is 0.399 e. The first-order chi connectivity index (χ1) is 10.1. The van der Waals surface area contributed by atoms with Crippen LogP contribution in [0.1, 0.15) is 37.0 Å². The van der Waals surface area contributed by atoms with E-state index in [2.05, 4.69) is 30.5 Å². The minimum absolute atomic E-state index is 0.220. The molecule has 0 bridgehead atoms. The van der Waals surface area contributed by atoms with E-state index in [4.69, 9.17) is 22.3 Å². The molecule has 0 spiro atoms. The number of anilines is 1. The van der Waals surface area contributed by atoms with Crippen molar-refractivity contribution in [1.82, 2.24) is 9.55 Å². The van der Waals surface area contributed by atoms with Gasteiger partial charge in [0, 0.05) is 17.0 Å². The molecule has 21 heavy (non-hydrogen) atoms. The molecule has 1 atom stereocenters. The summed E-state index contributed by atoms with van der Waals surface area (Å²) in [7, 11) is 0. The summed E-state index contributed by atoms with van der Waals surface area (Å²) in [5.74, 6) is 1.11. The van der Waals surface area contributed by atoms with Crippen LogP contribution in [0, 0.1) is 0 Å². The molecule has 3 nitrogen and oxygen atoms in total. The van der Waals surface area contributed by atoms with Crippen molar-refractivity contribution in [2.75, 3.05) is 5.73 Å². The molecule has 0 aliphatic rings. The van der Waals surface area contributed by atoms with Crippen LogP contribution in [-0.2, 0) is 6.42 Å². The second kappa shape index (κ2) is 5.70. The minimum Gasteiger partial charge on any atom is -0.399 e. The maximum absolute atomic E-state index is 6.08. The fourth-order valence-electron chi connectivity index (χ4n) is 2.68. The Bertz CT molecular complexity index is 775. The Balaban J connectivity index is 2.16. The van der Waals surface area contributed by atoms with E-state index in [0.717, 1.165) is 39.7 Å². The van der Waals surface area contributed by atoms with Gasteiger partial charge in [0.25, 0.3) is 0 Å². The number of imidazole rings is 1. The Morgan fingerprint density at radius 2 is 2.14 bits per heavy atom. The predicted octanol–water partition coefficient (Wildman–Crippen LogP) is 4.90. The Hall–Kier alpha value is -1.52. The van der Waals surface area contributed by atoms with Crippen LogP contribution in [0.15, 0.2) is 30.3 Å². The SMILES string of the molecule is CCCc1nc2cc(N)ccc2n1C(C)c1ccc(Cl)s1. The van der Waals surface area contributed by atoms with Gasteiger partial charge in [-0.25, -0.2) is 4.98 Å². The molecule has 2 aromatic heterocycles. The van der Waals surface area contributed by atoms with Gasteiger partial charge in [0.05, 0.1) is 21.4 Å². The van der Waals surface area contributed by atoms with E-state index >= 15 is 0 Å². The van der Waals surface area contributed by atoms with Crippen LogP contribution in [0.5, 0.6) is 0 Å². The number of nitrogen functional groups attached to an aromatic ring is 1. The second-order valence-electron chi connectivity index (χ2n) is 5.21. The zero-order valence-electron chi connectivity index (χ0n) is 12.1. The van der Waals surface area contributed by atoms with Crippen molar-refractivity contribution in [3.05, 3.63) is 45.4 Å². The van der Waals surface area contributed by atoms with Crippen LogP contribution in [0.2, 0.25) is 4.34 Å². The highest BCUT2D eigenvalue weighted by Gasteiger charge is 2.18. The maximum Gasteiger partial charge on any atom is 0.110 e. The Morgan fingerprint density at radius 1 is 1.33 bits per heavy atom. The quantitative estimate of drug-likeness (QED) is 0.695. The van der Waals surface area contributed by atoms with Crippen molar-refractivity contribution in [2.24, 2.45) is 0 Å². The smallest absolute Gasteiger partial charge is 0.110 e. The summed E-state index contributed by atoms with van der Waals surface area (Å²) in [4.78, 5) is 6.02. The molecule has 0 saturated heterocycles. The third kappa shape index (κ3) is 2.65. The fourth-order valence-corrected chi connectivity index (χ4v) is 3.78. The lowest BCUT2D eigenvalue weighted by atomic mass is 10.2. The number of nitrogens with zero attached hydrogens (tertiary/aromatic N) is 2. The number of aromatic nitrogens is 2. The van der Waals surface area contributed by atoms with Gasteiger partial charge in [-0.2, -0.15) is 0 Å². The van der Waals surface area contributed by atoms with Crippen molar-refractivity contribution in [1.29, 1.82) is 0 Å². The average molecular weight is 320 g/mol. The maximum atomic E-state index is 6.08. The van der Waals surface area contributed by atoms with E-state index in [-0.39, 0.29) is 6.04 Å². The normalized spacial score (nSPS) is 12.9. The first-order valence-electron chi connectivity index (χ1n) is 7.11. The number of nitrogens with two attached hydrogens (primary N) is 1. The summed E-state index contributed by atoms with van der Waals surface area (Å²) < 4.78 is 3.13. The van der Waals surface area contributed by atoms with Crippen LogP contribution < -0.4 is 5.73 Å². The molecule has 5 heteroatoms. The Morgan fingerprint density at radius 3 is 2.81 bits per heavy atom. The van der Waals surface area contributed by atoms with Crippen molar-refractivity contribution in [2.45, 2.75) is 32.7 Å². The number of hydrogen-bond acceptors (Lipinski definition) is 3. The van der Waals surface area contributed by atoms with Gasteiger partial charge >= 0.3 is 0 Å². The number of thiophene rings is 1. The van der Waals surface area contributed by atoms with Gasteiger partial charge < -0.3 is 10.3 Å². The van der Waals surface area contributed by atoms with Crippen LogP contribution in [0.3, 0.4) is 0 Å². The molecule has 0 fully saturated rings. The van der Waals surface area contributed by atoms with Crippen molar-refractivity contribution < 1.29 is 0 Å². The van der Waals surface area contributed by atoms with E-state index in [1.807, 2.05) is 18.2 Å². The molecule has 2 N–H and O–H groups in total. The first kappa shape index (κ1) is 14.4. The number of rotatable bonds is 4. The van der Waals surface area contributed by atoms with Crippen molar-refractivity contribution >= 4 is 39.7 Å². The van der Waals surface area contributed by atoms with E-state index in [1.165, 1.54) is 4.88 Å². The topological polar surface area (TPSA) is 43.8 Å². The monoisotopic (exact) mass is 319 g/mol. The summed E-state index contributed by atoms with van der Waals surface area (Å²) in [6.07, 6.45) is 2.02. The fraction of sp³-hybridized carbons (Fsp3) is 0.312. The molecular weight excluding hydrogens is 302 g/mol. The predicted molar refractivity (Wildman–Crippen MR) is 91.3 cm³/mol. The van der Waals surface area contributed by atoms with Gasteiger partial charge in [0.1, 0.15) is 5.82 Å². The minimum atomic E-state index is 0.220. The zero-order valence-corrected chi connectivity index (χ0v) is 13.7. The van der Waals surface area contributed by atoms with Gasteiger partial charge in [0.2, 0.25) is 0 Å². The van der Waals surface area contributed by atoms with Crippen molar-refractivity contribution in [3.63, 3.8) is 0 Å². The number of aryl methyl sites for hydroxylation is 1. The van der Waals surface area contributed by atoms with E-state index in [0.29, 0.717) is 0 Å². The Kier molecular flexibility index (Phi) is 3.91. The summed E-state index contributed by atoms with van der Waals surface area (Å²) in [5.41, 5.74) is 8.73. The zero-order chi connectivity index (χ0) is 15.0. The highest BCUT2D eigenvalue weighted by atomic mass is 35.5. The number of halogens is 1. The molecule has 1 aromatic carbocycles. The molecule has 0 amide bonds. The molecule has 0 aliphatic heterocycles. The summed E-state index contributed by atoms with van der Waals surface area (Å²) in [6.45, 7) is 4.36. The van der Waals surface area contributed by atoms with Crippen LogP contribution >= 0.6 is 22.9 Å². The molecule has 3 aromatic rings. The molecule has 0 aliphatic carbocycles. The van der Waals surface area contributed by atoms with Gasteiger partial charge in [0.15, 0.2) is 0 Å². The number of benzene rings is 1. The standard InChI is InChI=1S/C16H18ClN3S/c1-3-4-16-19-12-9-11(18)5-6-13(12)20(16)10(2)14-7-8-15(17)21-14/h5-10H,3-4,18H2,1-2H3. The molecule has 2 heterocycles. The molecule has 1 unspecified atom stereocenters. The molecule has 0 saturated carbocycles. The lowest BCUT2D eigenvalue weighted by Crippen LogP contribution is -2.09. The summed E-state index contributed by atoms with van der Waals surface area (Å²) in [6, 6.07) is 10.2. The second-order valence-corrected chi connectivity index (χ2v) is 6.96. The summed E-state index contributed by atoms with van der Waals surface area (Å²) >= 11 is 7.71. The van der Waals surface area contributed by atoms with Gasteiger partial charge in [-0.1, -0.05) is 18.5 Å². The average Bonchev–Trinajstić information content (AvgIpc) is 3.01. The van der Waals surface area contributed by atoms with E-state index in [1.54, 1.807) is 11.3 Å². The highest BCUT2D eigenvalue weighted by molar-refractivity contribution is 7.16. The lowest BCUT2D eigenvalue weighted by Gasteiger charge is -2.16. The van der Waals surface area contributed by atoms with Gasteiger partial charge in [-0.15, -0.1) is 11.3 Å². The lowest BCUT2D eigenvalue weighted by molar-refractivity contribution is 0.621. The van der Waals surface area contributed by atoms with Gasteiger partial charge in [-0.05, 0) is 43.7 Å². The third-order valence-corrected chi connectivity index (χ3v) is 5.05. The van der Waals surface area contributed by atoms with Crippen LogP contribution in [0.25, 0.3) is 11.0 Å². The molecule has 110 valence electrons. The molecular formula is C16H18ClN3S. The van der Waals surface area contributed by atoms with E-state index < -0.39 is 0 Å². The Labute approximate surface area is 133 Å². The van der Waals surface area contributed by atoms with E-state index in [9.17, 15) is 0 Å². The summed E-state index contributed by atoms with van der Waals surface area (Å²) in [5, 5.41) is 0. The molecule has 3 rings (SSSR count).